The van der Waals surface area contributed by atoms with Crippen molar-refractivity contribution in [3.63, 3.8) is 0 Å². The number of pyridine rings is 1. The highest BCUT2D eigenvalue weighted by atomic mass is 14.9. The lowest BCUT2D eigenvalue weighted by atomic mass is 9.90. The van der Waals surface area contributed by atoms with Crippen molar-refractivity contribution in [1.29, 1.82) is 0 Å². The molecule has 0 aromatic carbocycles. The number of hydrogen-bond acceptors (Lipinski definition) is 2. The van der Waals surface area contributed by atoms with E-state index in [1.165, 1.54) is 37.7 Å². The van der Waals surface area contributed by atoms with Crippen LogP contribution >= 0.6 is 0 Å². The molecular weight excluding hydrogens is 220 g/mol. The number of allylic oxidation sites excluding steroid dienone is 1. The van der Waals surface area contributed by atoms with E-state index < -0.39 is 0 Å². The molecule has 1 unspecified atom stereocenters. The van der Waals surface area contributed by atoms with Gasteiger partial charge in [0.2, 0.25) is 0 Å². The third-order valence-electron chi connectivity index (χ3n) is 3.56. The minimum Gasteiger partial charge on any atom is -0.306 e. The van der Waals surface area contributed by atoms with Gasteiger partial charge in [-0.05, 0) is 57.2 Å². The van der Waals surface area contributed by atoms with Gasteiger partial charge in [-0.1, -0.05) is 24.6 Å². The zero-order valence-electron chi connectivity index (χ0n) is 11.6. The van der Waals surface area contributed by atoms with E-state index in [2.05, 4.69) is 35.4 Å². The molecule has 0 spiro atoms. The second-order valence-corrected chi connectivity index (χ2v) is 5.14. The van der Waals surface area contributed by atoms with Crippen molar-refractivity contribution < 1.29 is 0 Å². The summed E-state index contributed by atoms with van der Waals surface area (Å²) in [7, 11) is 0. The zero-order chi connectivity index (χ0) is 12.8. The lowest BCUT2D eigenvalue weighted by Crippen LogP contribution is -2.24. The summed E-state index contributed by atoms with van der Waals surface area (Å²) in [5.74, 6) is 0. The molecule has 1 heterocycles. The van der Waals surface area contributed by atoms with Gasteiger partial charge < -0.3 is 5.32 Å². The normalized spacial score (nSPS) is 17.3. The van der Waals surface area contributed by atoms with Gasteiger partial charge in [0.25, 0.3) is 0 Å². The van der Waals surface area contributed by atoms with Crippen LogP contribution in [0, 0.1) is 6.92 Å². The maximum Gasteiger partial charge on any atom is 0.0551 e. The molecule has 1 N–H and O–H groups in total. The fourth-order valence-corrected chi connectivity index (χ4v) is 2.53. The highest BCUT2D eigenvalue weighted by molar-refractivity contribution is 5.27. The van der Waals surface area contributed by atoms with Crippen LogP contribution in [0.4, 0.5) is 0 Å². The molecular formula is C16H24N2. The molecule has 1 aliphatic carbocycles. The maximum absolute atomic E-state index is 4.44. The molecule has 2 rings (SSSR count). The third-order valence-corrected chi connectivity index (χ3v) is 3.56. The summed E-state index contributed by atoms with van der Waals surface area (Å²) >= 11 is 0. The van der Waals surface area contributed by atoms with Crippen molar-refractivity contribution in [2.24, 2.45) is 0 Å². The number of rotatable bonds is 5. The highest BCUT2D eigenvalue weighted by Gasteiger charge is 2.17. The molecule has 0 amide bonds. The first-order valence-electron chi connectivity index (χ1n) is 7.16. The SMILES string of the molecule is CCCNC(C1=CCCCC1)c1ccc(C)nc1. The zero-order valence-corrected chi connectivity index (χ0v) is 11.6. The number of aromatic nitrogens is 1. The smallest absolute Gasteiger partial charge is 0.0551 e. The average molecular weight is 244 g/mol. The van der Waals surface area contributed by atoms with Crippen LogP contribution in [0.1, 0.15) is 56.3 Å². The van der Waals surface area contributed by atoms with E-state index in [1.54, 1.807) is 5.57 Å². The van der Waals surface area contributed by atoms with Gasteiger partial charge in [-0.15, -0.1) is 0 Å². The summed E-state index contributed by atoms with van der Waals surface area (Å²) in [6.07, 6.45) is 10.8. The second kappa shape index (κ2) is 6.69. The van der Waals surface area contributed by atoms with Crippen molar-refractivity contribution in [3.05, 3.63) is 41.2 Å². The Morgan fingerprint density at radius 2 is 2.22 bits per heavy atom. The fraction of sp³-hybridized carbons (Fsp3) is 0.562. The van der Waals surface area contributed by atoms with Crippen molar-refractivity contribution >= 4 is 0 Å². The predicted molar refractivity (Wildman–Crippen MR) is 76.6 cm³/mol. The first-order chi connectivity index (χ1) is 8.81. The first-order valence-corrected chi connectivity index (χ1v) is 7.16. The van der Waals surface area contributed by atoms with Gasteiger partial charge in [-0.2, -0.15) is 0 Å². The molecule has 1 aromatic rings. The van der Waals surface area contributed by atoms with Crippen molar-refractivity contribution in [3.8, 4) is 0 Å². The van der Waals surface area contributed by atoms with Crippen LogP contribution in [0.25, 0.3) is 0 Å². The van der Waals surface area contributed by atoms with Crippen LogP contribution in [0.15, 0.2) is 30.0 Å². The molecule has 2 heteroatoms. The van der Waals surface area contributed by atoms with E-state index in [0.29, 0.717) is 6.04 Å². The van der Waals surface area contributed by atoms with Crippen LogP contribution in [0.2, 0.25) is 0 Å². The Labute approximate surface area is 111 Å². The Morgan fingerprint density at radius 3 is 2.83 bits per heavy atom. The number of aryl methyl sites for hydroxylation is 1. The summed E-state index contributed by atoms with van der Waals surface area (Å²) in [5, 5.41) is 3.67. The summed E-state index contributed by atoms with van der Waals surface area (Å²) in [6.45, 7) is 5.32. The van der Waals surface area contributed by atoms with Gasteiger partial charge >= 0.3 is 0 Å². The molecule has 1 atom stereocenters. The van der Waals surface area contributed by atoms with Gasteiger partial charge in [-0.25, -0.2) is 0 Å². The number of nitrogens with zero attached hydrogens (tertiary/aromatic N) is 1. The Bertz CT molecular complexity index is 392. The molecule has 0 aliphatic heterocycles. The van der Waals surface area contributed by atoms with Crippen LogP contribution in [-0.4, -0.2) is 11.5 Å². The fourth-order valence-electron chi connectivity index (χ4n) is 2.53. The van der Waals surface area contributed by atoms with Gasteiger partial charge in [0.05, 0.1) is 6.04 Å². The lowest BCUT2D eigenvalue weighted by molar-refractivity contribution is 0.545. The molecule has 0 fully saturated rings. The van der Waals surface area contributed by atoms with Gasteiger partial charge in [-0.3, -0.25) is 4.98 Å². The number of hydrogen-bond donors (Lipinski definition) is 1. The Kier molecular flexibility index (Phi) is 4.94. The molecule has 98 valence electrons. The van der Waals surface area contributed by atoms with E-state index in [9.17, 15) is 0 Å². The minimum absolute atomic E-state index is 0.373. The molecule has 0 saturated heterocycles. The Balaban J connectivity index is 2.18. The Morgan fingerprint density at radius 1 is 1.33 bits per heavy atom. The van der Waals surface area contributed by atoms with E-state index in [0.717, 1.165) is 12.2 Å². The summed E-state index contributed by atoms with van der Waals surface area (Å²) in [6, 6.07) is 4.70. The molecule has 0 saturated carbocycles. The summed E-state index contributed by atoms with van der Waals surface area (Å²) < 4.78 is 0. The molecule has 18 heavy (non-hydrogen) atoms. The third kappa shape index (κ3) is 3.42. The average Bonchev–Trinajstić information content (AvgIpc) is 2.42. The van der Waals surface area contributed by atoms with E-state index in [-0.39, 0.29) is 0 Å². The van der Waals surface area contributed by atoms with Gasteiger partial charge in [0.1, 0.15) is 0 Å². The van der Waals surface area contributed by atoms with E-state index in [4.69, 9.17) is 0 Å². The monoisotopic (exact) mass is 244 g/mol. The maximum atomic E-state index is 4.44. The molecule has 1 aromatic heterocycles. The largest absolute Gasteiger partial charge is 0.306 e. The second-order valence-electron chi connectivity index (χ2n) is 5.14. The quantitative estimate of drug-likeness (QED) is 0.794. The summed E-state index contributed by atoms with van der Waals surface area (Å²) in [5.41, 5.74) is 3.95. The molecule has 2 nitrogen and oxygen atoms in total. The number of nitrogens with one attached hydrogen (secondary N) is 1. The first kappa shape index (κ1) is 13.3. The molecule has 1 aliphatic rings. The highest BCUT2D eigenvalue weighted by Crippen LogP contribution is 2.29. The van der Waals surface area contributed by atoms with Crippen LogP contribution in [0.3, 0.4) is 0 Å². The van der Waals surface area contributed by atoms with Crippen molar-refractivity contribution in [2.75, 3.05) is 6.54 Å². The van der Waals surface area contributed by atoms with E-state index in [1.807, 2.05) is 13.1 Å². The Hall–Kier alpha value is -1.15. The van der Waals surface area contributed by atoms with Crippen LogP contribution < -0.4 is 5.32 Å². The molecule has 0 bridgehead atoms. The van der Waals surface area contributed by atoms with Crippen molar-refractivity contribution in [1.82, 2.24) is 10.3 Å². The van der Waals surface area contributed by atoms with Crippen LogP contribution in [0.5, 0.6) is 0 Å². The minimum atomic E-state index is 0.373. The standard InChI is InChI=1S/C16H24N2/c1-3-11-17-16(14-7-5-4-6-8-14)15-10-9-13(2)18-12-15/h7,9-10,12,16-17H,3-6,8,11H2,1-2H3. The molecule has 0 radical (unpaired) electrons. The van der Waals surface area contributed by atoms with Crippen molar-refractivity contribution in [2.45, 2.75) is 52.0 Å². The van der Waals surface area contributed by atoms with Crippen LogP contribution in [-0.2, 0) is 0 Å². The topological polar surface area (TPSA) is 24.9 Å². The van der Waals surface area contributed by atoms with E-state index >= 15 is 0 Å². The van der Waals surface area contributed by atoms with Gasteiger partial charge in [0, 0.05) is 11.9 Å². The predicted octanol–water partition coefficient (Wildman–Crippen LogP) is 3.93. The summed E-state index contributed by atoms with van der Waals surface area (Å²) in [4.78, 5) is 4.44. The van der Waals surface area contributed by atoms with Gasteiger partial charge in [0.15, 0.2) is 0 Å². The lowest BCUT2D eigenvalue weighted by Gasteiger charge is -2.24.